The van der Waals surface area contributed by atoms with Crippen molar-refractivity contribution in [3.8, 4) is 0 Å². The lowest BCUT2D eigenvalue weighted by molar-refractivity contribution is 0.392. The Labute approximate surface area is 163 Å². The maximum atomic E-state index is 5.23. The molecule has 1 aliphatic carbocycles. The van der Waals surface area contributed by atoms with Crippen LogP contribution in [-0.2, 0) is 11.8 Å². The van der Waals surface area contributed by atoms with Gasteiger partial charge < -0.3 is 15.2 Å². The second-order valence-electron chi connectivity index (χ2n) is 6.93. The Morgan fingerprint density at radius 1 is 1.27 bits per heavy atom. The van der Waals surface area contributed by atoms with Crippen LogP contribution in [0, 0.1) is 13.8 Å². The van der Waals surface area contributed by atoms with E-state index >= 15 is 0 Å². The topological polar surface area (TPSA) is 62.5 Å². The standard InChI is InChI=1S/C20H27BrN4O/c1-4-22-19(23-12-9-16-14(2)25-26-15(16)3)24-13-20(10-11-20)17-7-5-6-8-18(17)21/h5-8H,4,9-13H2,1-3H3,(H2,22,23,24). The largest absolute Gasteiger partial charge is 0.361 e. The summed E-state index contributed by atoms with van der Waals surface area (Å²) in [6.45, 7) is 8.49. The van der Waals surface area contributed by atoms with E-state index in [0.29, 0.717) is 0 Å². The molecule has 1 aromatic carbocycles. The zero-order chi connectivity index (χ0) is 18.6. The summed E-state index contributed by atoms with van der Waals surface area (Å²) in [5.41, 5.74) is 3.71. The predicted octanol–water partition coefficient (Wildman–Crippen LogP) is 3.88. The van der Waals surface area contributed by atoms with Gasteiger partial charge in [0.2, 0.25) is 0 Å². The van der Waals surface area contributed by atoms with Crippen LogP contribution < -0.4 is 10.6 Å². The van der Waals surface area contributed by atoms with Gasteiger partial charge in [-0.25, -0.2) is 0 Å². The van der Waals surface area contributed by atoms with Gasteiger partial charge in [-0.2, -0.15) is 0 Å². The normalized spacial score (nSPS) is 15.8. The zero-order valence-electron chi connectivity index (χ0n) is 15.7. The first-order chi connectivity index (χ1) is 12.6. The number of nitrogens with one attached hydrogen (secondary N) is 2. The van der Waals surface area contributed by atoms with Crippen molar-refractivity contribution in [3.05, 3.63) is 51.3 Å². The molecule has 2 N–H and O–H groups in total. The molecule has 1 saturated carbocycles. The number of halogens is 1. The first-order valence-corrected chi connectivity index (χ1v) is 10.0. The lowest BCUT2D eigenvalue weighted by Crippen LogP contribution is -2.39. The Kier molecular flexibility index (Phi) is 6.01. The lowest BCUT2D eigenvalue weighted by Gasteiger charge is -2.17. The number of nitrogens with zero attached hydrogens (tertiary/aromatic N) is 2. The molecule has 1 heterocycles. The van der Waals surface area contributed by atoms with Crippen molar-refractivity contribution in [2.45, 2.75) is 45.4 Å². The highest BCUT2D eigenvalue weighted by Crippen LogP contribution is 2.50. The van der Waals surface area contributed by atoms with Crippen LogP contribution in [0.25, 0.3) is 0 Å². The molecule has 3 rings (SSSR count). The van der Waals surface area contributed by atoms with Gasteiger partial charge in [0.25, 0.3) is 0 Å². The molecule has 140 valence electrons. The summed E-state index contributed by atoms with van der Waals surface area (Å²) in [5.74, 6) is 1.77. The smallest absolute Gasteiger partial charge is 0.191 e. The average molecular weight is 419 g/mol. The van der Waals surface area contributed by atoms with Crippen molar-refractivity contribution in [3.63, 3.8) is 0 Å². The minimum Gasteiger partial charge on any atom is -0.361 e. The minimum atomic E-state index is 0.185. The van der Waals surface area contributed by atoms with Gasteiger partial charge >= 0.3 is 0 Å². The van der Waals surface area contributed by atoms with Gasteiger partial charge in [-0.05, 0) is 51.7 Å². The third kappa shape index (κ3) is 4.29. The Morgan fingerprint density at radius 2 is 2.04 bits per heavy atom. The molecular weight excluding hydrogens is 392 g/mol. The van der Waals surface area contributed by atoms with Gasteiger partial charge in [-0.3, -0.25) is 4.99 Å². The molecule has 0 spiro atoms. The van der Waals surface area contributed by atoms with Crippen LogP contribution in [-0.4, -0.2) is 30.8 Å². The van der Waals surface area contributed by atoms with Crippen molar-refractivity contribution in [2.75, 3.05) is 19.6 Å². The van der Waals surface area contributed by atoms with E-state index < -0.39 is 0 Å². The maximum absolute atomic E-state index is 5.23. The molecule has 1 aliphatic rings. The number of aryl methyl sites for hydroxylation is 2. The molecule has 1 aromatic heterocycles. The Balaban J connectivity index is 1.62. The van der Waals surface area contributed by atoms with Crippen LogP contribution in [0.2, 0.25) is 0 Å². The fraction of sp³-hybridized carbons (Fsp3) is 0.500. The average Bonchev–Trinajstić information content (AvgIpc) is 3.35. The predicted molar refractivity (Wildman–Crippen MR) is 109 cm³/mol. The van der Waals surface area contributed by atoms with Gasteiger partial charge in [-0.15, -0.1) is 0 Å². The first-order valence-electron chi connectivity index (χ1n) is 9.24. The summed E-state index contributed by atoms with van der Waals surface area (Å²) < 4.78 is 6.42. The van der Waals surface area contributed by atoms with E-state index in [2.05, 4.69) is 62.9 Å². The van der Waals surface area contributed by atoms with Crippen LogP contribution in [0.3, 0.4) is 0 Å². The van der Waals surface area contributed by atoms with E-state index in [1.54, 1.807) is 0 Å². The van der Waals surface area contributed by atoms with Crippen molar-refractivity contribution < 1.29 is 4.52 Å². The molecule has 26 heavy (non-hydrogen) atoms. The van der Waals surface area contributed by atoms with Gasteiger partial charge in [0.15, 0.2) is 5.96 Å². The third-order valence-electron chi connectivity index (χ3n) is 5.03. The highest BCUT2D eigenvalue weighted by atomic mass is 79.9. The van der Waals surface area contributed by atoms with E-state index in [4.69, 9.17) is 9.52 Å². The molecule has 0 unspecified atom stereocenters. The summed E-state index contributed by atoms with van der Waals surface area (Å²) in [6.07, 6.45) is 3.26. The molecule has 1 fully saturated rings. The molecule has 0 bridgehead atoms. The van der Waals surface area contributed by atoms with Gasteiger partial charge in [0.05, 0.1) is 12.2 Å². The fourth-order valence-electron chi connectivity index (χ4n) is 3.29. The number of aliphatic imine (C=N–C) groups is 1. The molecule has 0 radical (unpaired) electrons. The molecule has 0 atom stereocenters. The summed E-state index contributed by atoms with van der Waals surface area (Å²) in [7, 11) is 0. The number of rotatable bonds is 7. The summed E-state index contributed by atoms with van der Waals surface area (Å²) in [5, 5.41) is 10.8. The Bertz CT molecular complexity index is 760. The minimum absolute atomic E-state index is 0.185. The number of benzene rings is 1. The van der Waals surface area contributed by atoms with Gasteiger partial charge in [0.1, 0.15) is 5.76 Å². The first kappa shape index (κ1) is 19.0. The summed E-state index contributed by atoms with van der Waals surface area (Å²) >= 11 is 3.69. The highest BCUT2D eigenvalue weighted by molar-refractivity contribution is 9.10. The summed E-state index contributed by atoms with van der Waals surface area (Å²) in [4.78, 5) is 4.86. The number of hydrogen-bond acceptors (Lipinski definition) is 3. The van der Waals surface area contributed by atoms with Crippen LogP contribution in [0.4, 0.5) is 0 Å². The van der Waals surface area contributed by atoms with E-state index in [-0.39, 0.29) is 5.41 Å². The Hall–Kier alpha value is -1.82. The van der Waals surface area contributed by atoms with Crippen LogP contribution in [0.15, 0.2) is 38.3 Å². The van der Waals surface area contributed by atoms with Crippen molar-refractivity contribution in [1.82, 2.24) is 15.8 Å². The summed E-state index contributed by atoms with van der Waals surface area (Å²) in [6, 6.07) is 8.50. The highest BCUT2D eigenvalue weighted by Gasteiger charge is 2.45. The third-order valence-corrected chi connectivity index (χ3v) is 5.72. The van der Waals surface area contributed by atoms with Crippen LogP contribution in [0.1, 0.15) is 42.3 Å². The van der Waals surface area contributed by atoms with E-state index in [9.17, 15) is 0 Å². The quantitative estimate of drug-likeness (QED) is 0.528. The number of guanidine groups is 1. The molecule has 0 aliphatic heterocycles. The second kappa shape index (κ2) is 8.25. The van der Waals surface area contributed by atoms with E-state index in [1.165, 1.54) is 28.4 Å². The molecular formula is C20H27BrN4O. The van der Waals surface area contributed by atoms with Crippen molar-refractivity contribution in [2.24, 2.45) is 4.99 Å². The van der Waals surface area contributed by atoms with Crippen LogP contribution in [0.5, 0.6) is 0 Å². The monoisotopic (exact) mass is 418 g/mol. The molecule has 2 aromatic rings. The van der Waals surface area contributed by atoms with Gasteiger partial charge in [-0.1, -0.05) is 39.3 Å². The van der Waals surface area contributed by atoms with Crippen LogP contribution >= 0.6 is 15.9 Å². The van der Waals surface area contributed by atoms with Crippen molar-refractivity contribution in [1.29, 1.82) is 0 Å². The van der Waals surface area contributed by atoms with E-state index in [0.717, 1.165) is 43.5 Å². The SMILES string of the molecule is CCNC(=NCC1(c2ccccc2Br)CC1)NCCc1c(C)noc1C. The maximum Gasteiger partial charge on any atom is 0.191 e. The number of aromatic nitrogens is 1. The molecule has 6 heteroatoms. The van der Waals surface area contributed by atoms with Gasteiger partial charge in [0, 0.05) is 28.5 Å². The molecule has 5 nitrogen and oxygen atoms in total. The Morgan fingerprint density at radius 3 is 2.65 bits per heavy atom. The molecule has 0 saturated heterocycles. The fourth-order valence-corrected chi connectivity index (χ4v) is 4.00. The number of hydrogen-bond donors (Lipinski definition) is 2. The van der Waals surface area contributed by atoms with Crippen molar-refractivity contribution >= 4 is 21.9 Å². The molecule has 0 amide bonds. The lowest BCUT2D eigenvalue weighted by atomic mass is 9.96. The van der Waals surface area contributed by atoms with E-state index in [1.807, 2.05) is 13.8 Å². The zero-order valence-corrected chi connectivity index (χ0v) is 17.3. The second-order valence-corrected chi connectivity index (χ2v) is 7.79.